The maximum atomic E-state index is 13.6. The van der Waals surface area contributed by atoms with Crippen LogP contribution < -0.4 is 0 Å². The van der Waals surface area contributed by atoms with Crippen LogP contribution in [0.5, 0.6) is 17.2 Å². The number of alkyl halides is 6. The molecule has 0 saturated carbocycles. The Bertz CT molecular complexity index is 947. The Balaban J connectivity index is 0.000000321. The van der Waals surface area contributed by atoms with Crippen LogP contribution in [0.15, 0.2) is 72.8 Å². The molecule has 0 spiro atoms. The molecule has 3 rings (SSSR count). The van der Waals surface area contributed by atoms with Crippen LogP contribution in [0.25, 0.3) is 0 Å². The number of halogens is 6. The maximum absolute atomic E-state index is 13.6. The lowest BCUT2D eigenvalue weighted by Gasteiger charge is -2.38. The zero-order valence-electron chi connectivity index (χ0n) is 17.5. The smallest absolute Gasteiger partial charge is 0.411 e. The lowest BCUT2D eigenvalue weighted by Crippen LogP contribution is -2.54. The number of phenolic OH excluding ortho intramolecular Hbond substituents is 3. The van der Waals surface area contributed by atoms with Crippen LogP contribution in [0.2, 0.25) is 0 Å². The zero-order chi connectivity index (χ0) is 24.9. The molecule has 0 unspecified atom stereocenters. The Morgan fingerprint density at radius 1 is 0.545 bits per heavy atom. The third-order valence-corrected chi connectivity index (χ3v) is 4.93. The molecule has 0 aromatic heterocycles. The van der Waals surface area contributed by atoms with Crippen molar-refractivity contribution in [3.63, 3.8) is 0 Å². The molecule has 178 valence electrons. The van der Waals surface area contributed by atoms with Gasteiger partial charge in [0.15, 0.2) is 0 Å². The Hall–Kier alpha value is -3.36. The third kappa shape index (κ3) is 5.71. The number of aromatic hydroxyl groups is 3. The second-order valence-corrected chi connectivity index (χ2v) is 7.26. The highest BCUT2D eigenvalue weighted by atomic mass is 19.4. The zero-order valence-corrected chi connectivity index (χ0v) is 17.5. The first-order valence-corrected chi connectivity index (χ1v) is 9.83. The van der Waals surface area contributed by atoms with Gasteiger partial charge >= 0.3 is 12.4 Å². The number of benzene rings is 3. The quantitative estimate of drug-likeness (QED) is 0.364. The molecule has 3 N–H and O–H groups in total. The highest BCUT2D eigenvalue weighted by Crippen LogP contribution is 2.56. The van der Waals surface area contributed by atoms with E-state index in [0.29, 0.717) is 30.0 Å². The molecule has 0 heterocycles. The van der Waals surface area contributed by atoms with E-state index in [1.54, 1.807) is 12.1 Å². The van der Waals surface area contributed by atoms with Crippen molar-refractivity contribution in [2.75, 3.05) is 0 Å². The van der Waals surface area contributed by atoms with Crippen LogP contribution in [0.3, 0.4) is 0 Å². The SMILES string of the molecule is CCCc1ccc(O)cc1.Oc1ccc(C(c2ccc(O)cc2)(C(F)(F)F)C(F)(F)F)cc1. The van der Waals surface area contributed by atoms with Crippen molar-refractivity contribution in [1.82, 2.24) is 0 Å². The first kappa shape index (κ1) is 25.9. The lowest BCUT2D eigenvalue weighted by atomic mass is 9.73. The summed E-state index contributed by atoms with van der Waals surface area (Å²) in [6.07, 6.45) is -9.14. The second kappa shape index (κ2) is 10.1. The van der Waals surface area contributed by atoms with Crippen molar-refractivity contribution in [3.05, 3.63) is 89.5 Å². The minimum Gasteiger partial charge on any atom is -0.508 e. The second-order valence-electron chi connectivity index (χ2n) is 7.26. The largest absolute Gasteiger partial charge is 0.508 e. The summed E-state index contributed by atoms with van der Waals surface area (Å²) in [4.78, 5) is 0. The first-order valence-electron chi connectivity index (χ1n) is 9.83. The van der Waals surface area contributed by atoms with Crippen molar-refractivity contribution >= 4 is 0 Å². The Morgan fingerprint density at radius 2 is 0.848 bits per heavy atom. The van der Waals surface area contributed by atoms with Gasteiger partial charge < -0.3 is 15.3 Å². The molecule has 0 aliphatic carbocycles. The molecule has 33 heavy (non-hydrogen) atoms. The van der Waals surface area contributed by atoms with Crippen LogP contribution >= 0.6 is 0 Å². The standard InChI is InChI=1S/C15H10F6O2.C9H12O/c16-14(17,18)13(15(19,20)21,9-1-5-11(22)6-2-9)10-3-7-12(23)8-4-10;1-2-3-8-4-6-9(10)7-5-8/h1-8,22-23H;4-7,10H,2-3H2,1H3. The summed E-state index contributed by atoms with van der Waals surface area (Å²) in [7, 11) is 0. The van der Waals surface area contributed by atoms with E-state index in [4.69, 9.17) is 15.3 Å². The van der Waals surface area contributed by atoms with Gasteiger partial charge in [0.1, 0.15) is 17.2 Å². The molecule has 0 radical (unpaired) electrons. The van der Waals surface area contributed by atoms with Crippen molar-refractivity contribution < 1.29 is 41.7 Å². The molecule has 0 atom stereocenters. The molecular formula is C24H22F6O3. The summed E-state index contributed by atoms with van der Waals surface area (Å²) in [5.74, 6) is -0.574. The van der Waals surface area contributed by atoms with E-state index in [1.807, 2.05) is 12.1 Å². The molecule has 3 aromatic carbocycles. The van der Waals surface area contributed by atoms with Crippen LogP contribution in [0.4, 0.5) is 26.3 Å². The molecule has 0 fully saturated rings. The summed E-state index contributed by atoms with van der Waals surface area (Å²) in [6, 6.07) is 12.7. The number of hydrogen-bond acceptors (Lipinski definition) is 3. The first-order chi connectivity index (χ1) is 15.3. The predicted octanol–water partition coefficient (Wildman–Crippen LogP) is 6.85. The molecule has 0 aliphatic rings. The molecule has 9 heteroatoms. The van der Waals surface area contributed by atoms with Crippen LogP contribution in [0, 0.1) is 0 Å². The number of hydrogen-bond donors (Lipinski definition) is 3. The van der Waals surface area contributed by atoms with E-state index in [2.05, 4.69) is 6.92 Å². The van der Waals surface area contributed by atoms with Gasteiger partial charge in [0.05, 0.1) is 0 Å². The third-order valence-electron chi connectivity index (χ3n) is 4.93. The van der Waals surface area contributed by atoms with Gasteiger partial charge in [0.2, 0.25) is 5.41 Å². The Labute approximate surface area is 186 Å². The molecule has 0 bridgehead atoms. The van der Waals surface area contributed by atoms with Crippen molar-refractivity contribution in [2.45, 2.75) is 37.5 Å². The Kier molecular flexibility index (Phi) is 7.89. The molecule has 0 aliphatic heterocycles. The molecular weight excluding hydrogens is 450 g/mol. The van der Waals surface area contributed by atoms with E-state index in [0.717, 1.165) is 37.1 Å². The summed E-state index contributed by atoms with van der Waals surface area (Å²) < 4.78 is 81.6. The fourth-order valence-electron chi connectivity index (χ4n) is 3.36. The fraction of sp³-hybridized carbons (Fsp3) is 0.250. The lowest BCUT2D eigenvalue weighted by molar-refractivity contribution is -0.288. The van der Waals surface area contributed by atoms with E-state index in [-0.39, 0.29) is 0 Å². The summed E-state index contributed by atoms with van der Waals surface area (Å²) in [6.45, 7) is 2.15. The van der Waals surface area contributed by atoms with Crippen molar-refractivity contribution in [2.24, 2.45) is 0 Å². The van der Waals surface area contributed by atoms with Gasteiger partial charge in [-0.15, -0.1) is 0 Å². The number of rotatable bonds is 4. The van der Waals surface area contributed by atoms with Crippen LogP contribution in [-0.4, -0.2) is 27.7 Å². The normalized spacial score (nSPS) is 12.1. The van der Waals surface area contributed by atoms with Crippen LogP contribution in [-0.2, 0) is 11.8 Å². The Morgan fingerprint density at radius 3 is 1.12 bits per heavy atom. The van der Waals surface area contributed by atoms with Gasteiger partial charge in [-0.3, -0.25) is 0 Å². The minimum atomic E-state index is -5.70. The van der Waals surface area contributed by atoms with Gasteiger partial charge in [0, 0.05) is 0 Å². The number of aryl methyl sites for hydroxylation is 1. The summed E-state index contributed by atoms with van der Waals surface area (Å²) in [5.41, 5.74) is -5.15. The highest BCUT2D eigenvalue weighted by molar-refractivity contribution is 5.46. The number of phenols is 3. The van der Waals surface area contributed by atoms with Crippen LogP contribution in [0.1, 0.15) is 30.0 Å². The van der Waals surface area contributed by atoms with Gasteiger partial charge in [0.25, 0.3) is 0 Å². The van der Waals surface area contributed by atoms with Crippen molar-refractivity contribution in [1.29, 1.82) is 0 Å². The average molecular weight is 472 g/mol. The van der Waals surface area contributed by atoms with Gasteiger partial charge in [-0.05, 0) is 59.5 Å². The maximum Gasteiger partial charge on any atom is 0.411 e. The summed E-state index contributed by atoms with van der Waals surface area (Å²) >= 11 is 0. The fourth-order valence-corrected chi connectivity index (χ4v) is 3.36. The van der Waals surface area contributed by atoms with E-state index < -0.39 is 40.4 Å². The summed E-state index contributed by atoms with van der Waals surface area (Å²) in [5, 5.41) is 27.2. The molecule has 0 amide bonds. The van der Waals surface area contributed by atoms with E-state index in [9.17, 15) is 26.3 Å². The van der Waals surface area contributed by atoms with Gasteiger partial charge in [-0.2, -0.15) is 26.3 Å². The van der Waals surface area contributed by atoms with E-state index in [1.165, 1.54) is 5.56 Å². The van der Waals surface area contributed by atoms with Gasteiger partial charge in [-0.1, -0.05) is 49.7 Å². The van der Waals surface area contributed by atoms with Gasteiger partial charge in [-0.25, -0.2) is 0 Å². The topological polar surface area (TPSA) is 60.7 Å². The van der Waals surface area contributed by atoms with E-state index >= 15 is 0 Å². The average Bonchev–Trinajstić information content (AvgIpc) is 2.72. The predicted molar refractivity (Wildman–Crippen MR) is 111 cm³/mol. The van der Waals surface area contributed by atoms with Crippen molar-refractivity contribution in [3.8, 4) is 17.2 Å². The minimum absolute atomic E-state index is 0.347. The monoisotopic (exact) mass is 472 g/mol. The molecule has 0 saturated heterocycles. The highest BCUT2D eigenvalue weighted by Gasteiger charge is 2.72. The molecule has 3 aromatic rings. The molecule has 3 nitrogen and oxygen atoms in total.